The molecule has 186 valence electrons. The van der Waals surface area contributed by atoms with Gasteiger partial charge in [-0.3, -0.25) is 4.57 Å². The highest BCUT2D eigenvalue weighted by Crippen LogP contribution is 2.45. The highest BCUT2D eigenvalue weighted by Gasteiger charge is 2.26. The predicted octanol–water partition coefficient (Wildman–Crippen LogP) is 9.93. The van der Waals surface area contributed by atoms with Gasteiger partial charge >= 0.3 is 0 Å². The lowest BCUT2D eigenvalue weighted by molar-refractivity contribution is 0.645. The fraction of sp³-hybridized carbons (Fsp3) is 0.364. The normalized spacial score (nSPS) is 12.3. The molecule has 0 unspecified atom stereocenters. The molecule has 0 saturated heterocycles. The Morgan fingerprint density at radius 2 is 1.33 bits per heavy atom. The number of rotatable bonds is 6. The molecule has 0 bridgehead atoms. The third-order valence-corrected chi connectivity index (χ3v) is 7.37. The van der Waals surface area contributed by atoms with E-state index in [-0.39, 0.29) is 0 Å². The predicted molar refractivity (Wildman–Crippen MR) is 153 cm³/mol. The summed E-state index contributed by atoms with van der Waals surface area (Å²) in [6, 6.07) is 17.6. The van der Waals surface area contributed by atoms with Gasteiger partial charge in [-0.1, -0.05) is 91.8 Å². The molecule has 5 aromatic rings. The summed E-state index contributed by atoms with van der Waals surface area (Å²) in [5.74, 6) is 2.45. The van der Waals surface area contributed by atoms with E-state index in [0.29, 0.717) is 23.7 Å². The van der Waals surface area contributed by atoms with Gasteiger partial charge in [-0.05, 0) is 58.1 Å². The Labute approximate surface area is 215 Å². The Bertz CT molecular complexity index is 1530. The van der Waals surface area contributed by atoms with Crippen LogP contribution in [0.3, 0.4) is 0 Å². The van der Waals surface area contributed by atoms with Crippen molar-refractivity contribution in [2.45, 2.75) is 79.1 Å². The summed E-state index contributed by atoms with van der Waals surface area (Å²) in [5.41, 5.74) is 9.57. The molecule has 2 aromatic heterocycles. The van der Waals surface area contributed by atoms with Gasteiger partial charge in [0.1, 0.15) is 17.0 Å². The molecular formula is C33H38N2O. The van der Waals surface area contributed by atoms with E-state index >= 15 is 0 Å². The molecule has 3 heteroatoms. The molecule has 0 spiro atoms. The van der Waals surface area contributed by atoms with Crippen molar-refractivity contribution in [2.24, 2.45) is 0 Å². The summed E-state index contributed by atoms with van der Waals surface area (Å²) in [5, 5.41) is 2.42. The van der Waals surface area contributed by atoms with Crippen LogP contribution in [-0.4, -0.2) is 9.55 Å². The molecule has 0 radical (unpaired) electrons. The number of furan rings is 1. The van der Waals surface area contributed by atoms with Crippen LogP contribution >= 0.6 is 0 Å². The standard InChI is InChI=1S/C33H38N2O/c1-19(2)24-16-26(21(5)6)31-28(17-24)29-30(25(20(3)4)18-27(22(7)8)32(29)36-31)35-15-14-34-33(35)23-12-10-9-11-13-23/h9-22H,1-8H3. The summed E-state index contributed by atoms with van der Waals surface area (Å²) in [6.45, 7) is 18.2. The molecule has 3 nitrogen and oxygen atoms in total. The molecule has 5 rings (SSSR count). The molecule has 0 fully saturated rings. The zero-order valence-electron chi connectivity index (χ0n) is 22.9. The number of hydrogen-bond donors (Lipinski definition) is 0. The SMILES string of the molecule is CC(C)c1cc(C(C)C)c2oc3c(C(C)C)cc(C(C)C)c(-n4ccnc4-c4ccccc4)c3c2c1. The average molecular weight is 479 g/mol. The monoisotopic (exact) mass is 478 g/mol. The summed E-state index contributed by atoms with van der Waals surface area (Å²) in [4.78, 5) is 4.82. The minimum Gasteiger partial charge on any atom is -0.455 e. The Morgan fingerprint density at radius 3 is 1.94 bits per heavy atom. The van der Waals surface area contributed by atoms with Crippen LogP contribution in [0.2, 0.25) is 0 Å². The maximum atomic E-state index is 6.86. The van der Waals surface area contributed by atoms with E-state index in [0.717, 1.165) is 22.6 Å². The smallest absolute Gasteiger partial charge is 0.144 e. The van der Waals surface area contributed by atoms with Crippen LogP contribution in [-0.2, 0) is 0 Å². The van der Waals surface area contributed by atoms with Crippen molar-refractivity contribution in [3.05, 3.63) is 83.2 Å². The van der Waals surface area contributed by atoms with Gasteiger partial charge in [0.2, 0.25) is 0 Å². The third kappa shape index (κ3) is 3.95. The summed E-state index contributed by atoms with van der Waals surface area (Å²) in [7, 11) is 0. The van der Waals surface area contributed by atoms with E-state index in [4.69, 9.17) is 9.40 Å². The Balaban J connectivity index is 2.00. The van der Waals surface area contributed by atoms with Gasteiger partial charge in [-0.25, -0.2) is 4.98 Å². The third-order valence-electron chi connectivity index (χ3n) is 7.37. The van der Waals surface area contributed by atoms with Crippen LogP contribution in [0.25, 0.3) is 39.0 Å². The first-order chi connectivity index (χ1) is 17.2. The second kappa shape index (κ2) is 9.28. The van der Waals surface area contributed by atoms with Crippen LogP contribution in [0.1, 0.15) is 101 Å². The molecule has 0 amide bonds. The molecule has 36 heavy (non-hydrogen) atoms. The van der Waals surface area contributed by atoms with Gasteiger partial charge in [-0.15, -0.1) is 0 Å². The van der Waals surface area contributed by atoms with E-state index in [1.807, 2.05) is 6.20 Å². The number of aromatic nitrogens is 2. The fourth-order valence-corrected chi connectivity index (χ4v) is 5.31. The van der Waals surface area contributed by atoms with Gasteiger partial charge in [0.05, 0.1) is 11.1 Å². The van der Waals surface area contributed by atoms with Crippen LogP contribution in [0.5, 0.6) is 0 Å². The maximum Gasteiger partial charge on any atom is 0.144 e. The first-order valence-corrected chi connectivity index (χ1v) is 13.3. The topological polar surface area (TPSA) is 31.0 Å². The number of benzene rings is 3. The first-order valence-electron chi connectivity index (χ1n) is 13.3. The van der Waals surface area contributed by atoms with Gasteiger partial charge in [0.25, 0.3) is 0 Å². The Kier molecular flexibility index (Phi) is 6.28. The quantitative estimate of drug-likeness (QED) is 0.243. The molecule has 0 saturated carbocycles. The second-order valence-electron chi connectivity index (χ2n) is 11.3. The van der Waals surface area contributed by atoms with Gasteiger partial charge < -0.3 is 4.42 Å². The fourth-order valence-electron chi connectivity index (χ4n) is 5.31. The van der Waals surface area contributed by atoms with Gasteiger partial charge in [0.15, 0.2) is 0 Å². The zero-order chi connectivity index (χ0) is 25.7. The van der Waals surface area contributed by atoms with Crippen molar-refractivity contribution in [1.29, 1.82) is 0 Å². The molecule has 0 aliphatic heterocycles. The summed E-state index contributed by atoms with van der Waals surface area (Å²) in [6.07, 6.45) is 4.02. The van der Waals surface area contributed by atoms with Crippen molar-refractivity contribution in [3.63, 3.8) is 0 Å². The highest BCUT2D eigenvalue weighted by atomic mass is 16.3. The van der Waals surface area contributed by atoms with Crippen molar-refractivity contribution >= 4 is 21.9 Å². The number of imidazole rings is 1. The molecule has 0 aliphatic rings. The van der Waals surface area contributed by atoms with Crippen LogP contribution in [0.15, 0.2) is 65.3 Å². The van der Waals surface area contributed by atoms with Crippen LogP contribution < -0.4 is 0 Å². The van der Waals surface area contributed by atoms with Gasteiger partial charge in [0, 0.05) is 23.3 Å². The average Bonchev–Trinajstić information content (AvgIpc) is 3.47. The Morgan fingerprint density at radius 1 is 0.694 bits per heavy atom. The minimum absolute atomic E-state index is 0.343. The minimum atomic E-state index is 0.343. The largest absolute Gasteiger partial charge is 0.455 e. The van der Waals surface area contributed by atoms with Crippen molar-refractivity contribution in [2.75, 3.05) is 0 Å². The number of nitrogens with zero attached hydrogens (tertiary/aromatic N) is 2. The molecule has 0 N–H and O–H groups in total. The zero-order valence-corrected chi connectivity index (χ0v) is 22.9. The van der Waals surface area contributed by atoms with E-state index in [9.17, 15) is 0 Å². The molecule has 2 heterocycles. The molecular weight excluding hydrogens is 440 g/mol. The highest BCUT2D eigenvalue weighted by molar-refractivity contribution is 6.12. The van der Waals surface area contributed by atoms with E-state index in [2.05, 4.69) is 115 Å². The number of fused-ring (bicyclic) bond motifs is 3. The van der Waals surface area contributed by atoms with Crippen LogP contribution in [0.4, 0.5) is 0 Å². The summed E-state index contributed by atoms with van der Waals surface area (Å²) < 4.78 is 9.14. The molecule has 0 atom stereocenters. The summed E-state index contributed by atoms with van der Waals surface area (Å²) >= 11 is 0. The van der Waals surface area contributed by atoms with E-state index < -0.39 is 0 Å². The van der Waals surface area contributed by atoms with Gasteiger partial charge in [-0.2, -0.15) is 0 Å². The molecule has 3 aromatic carbocycles. The van der Waals surface area contributed by atoms with Crippen molar-refractivity contribution < 1.29 is 4.42 Å². The lowest BCUT2D eigenvalue weighted by atomic mass is 9.88. The van der Waals surface area contributed by atoms with Crippen molar-refractivity contribution in [3.8, 4) is 17.1 Å². The molecule has 0 aliphatic carbocycles. The lowest BCUT2D eigenvalue weighted by Crippen LogP contribution is -2.05. The first kappa shape index (κ1) is 24.4. The van der Waals surface area contributed by atoms with E-state index in [1.54, 1.807) is 0 Å². The lowest BCUT2D eigenvalue weighted by Gasteiger charge is -2.20. The van der Waals surface area contributed by atoms with Crippen LogP contribution in [0, 0.1) is 0 Å². The Hall–Kier alpha value is -3.33. The van der Waals surface area contributed by atoms with Crippen molar-refractivity contribution in [1.82, 2.24) is 9.55 Å². The number of hydrogen-bond acceptors (Lipinski definition) is 2. The maximum absolute atomic E-state index is 6.86. The van der Waals surface area contributed by atoms with E-state index in [1.165, 1.54) is 38.7 Å². The second-order valence-corrected chi connectivity index (χ2v) is 11.3.